The minimum Gasteiger partial charge on any atom is -0.365 e. The van der Waals surface area contributed by atoms with Gasteiger partial charge in [-0.2, -0.15) is 0 Å². The van der Waals surface area contributed by atoms with E-state index < -0.39 is 0 Å². The van der Waals surface area contributed by atoms with Crippen molar-refractivity contribution >= 4 is 12.0 Å². The zero-order valence-electron chi connectivity index (χ0n) is 8.27. The fraction of sp³-hybridized carbons (Fsp3) is 0.250. The molecule has 0 radical (unpaired) electrons. The van der Waals surface area contributed by atoms with Crippen LogP contribution in [0.15, 0.2) is 30.0 Å². The first-order valence-electron chi connectivity index (χ1n) is 5.01. The molecular weight excluding hydrogens is 190 g/mol. The molecule has 0 saturated carbocycles. The molecule has 1 fully saturated rings. The topological polar surface area (TPSA) is 29.5 Å². The molecule has 2 aliphatic rings. The van der Waals surface area contributed by atoms with Crippen LogP contribution < -0.4 is 0 Å². The first kappa shape index (κ1) is 8.68. The number of hydrogen-bond acceptors (Lipinski definition) is 2. The fourth-order valence-corrected chi connectivity index (χ4v) is 2.04. The van der Waals surface area contributed by atoms with E-state index in [1.54, 1.807) is 0 Å². The van der Waals surface area contributed by atoms with Gasteiger partial charge in [0.05, 0.1) is 13.2 Å². The van der Waals surface area contributed by atoms with Crippen LogP contribution in [0.4, 0.5) is 0 Å². The van der Waals surface area contributed by atoms with Crippen molar-refractivity contribution in [1.29, 1.82) is 0 Å². The average Bonchev–Trinajstić information content (AvgIpc) is 2.27. The van der Waals surface area contributed by atoms with Crippen molar-refractivity contribution in [2.45, 2.75) is 6.54 Å². The Morgan fingerprint density at radius 2 is 2.07 bits per heavy atom. The Bertz CT molecular complexity index is 451. The van der Waals surface area contributed by atoms with Crippen LogP contribution in [0.2, 0.25) is 0 Å². The number of rotatable bonds is 0. The Labute approximate surface area is 88.0 Å². The Morgan fingerprint density at radius 1 is 1.20 bits per heavy atom. The summed E-state index contributed by atoms with van der Waals surface area (Å²) in [5.41, 5.74) is 3.38. The second-order valence-corrected chi connectivity index (χ2v) is 3.81. The molecule has 76 valence electrons. The van der Waals surface area contributed by atoms with Crippen molar-refractivity contribution in [2.24, 2.45) is 0 Å². The number of ether oxygens (including phenoxy) is 1. The SMILES string of the molecule is O=C1COCC2=Cc3ccccc3CN12. The predicted molar refractivity (Wildman–Crippen MR) is 55.8 cm³/mol. The van der Waals surface area contributed by atoms with Crippen molar-refractivity contribution in [3.63, 3.8) is 0 Å². The lowest BCUT2D eigenvalue weighted by Crippen LogP contribution is -2.40. The van der Waals surface area contributed by atoms with Gasteiger partial charge in [-0.15, -0.1) is 0 Å². The molecule has 15 heavy (non-hydrogen) atoms. The monoisotopic (exact) mass is 201 g/mol. The molecule has 3 heteroatoms. The summed E-state index contributed by atoms with van der Waals surface area (Å²) in [7, 11) is 0. The van der Waals surface area contributed by atoms with Gasteiger partial charge in [0, 0.05) is 5.70 Å². The quantitative estimate of drug-likeness (QED) is 0.635. The first-order valence-corrected chi connectivity index (χ1v) is 5.01. The van der Waals surface area contributed by atoms with Gasteiger partial charge in [-0.3, -0.25) is 4.79 Å². The summed E-state index contributed by atoms with van der Waals surface area (Å²) in [5, 5.41) is 0. The van der Waals surface area contributed by atoms with Crippen LogP contribution in [-0.4, -0.2) is 24.0 Å². The van der Waals surface area contributed by atoms with E-state index in [2.05, 4.69) is 12.1 Å². The molecule has 1 aromatic rings. The van der Waals surface area contributed by atoms with Gasteiger partial charge in [-0.05, 0) is 17.2 Å². The van der Waals surface area contributed by atoms with Crippen LogP contribution in [-0.2, 0) is 16.1 Å². The molecular formula is C12H11NO2. The number of morpholine rings is 1. The zero-order chi connectivity index (χ0) is 10.3. The van der Waals surface area contributed by atoms with Crippen LogP contribution in [0.3, 0.4) is 0 Å². The fourth-order valence-electron chi connectivity index (χ4n) is 2.04. The molecule has 3 nitrogen and oxygen atoms in total. The Morgan fingerprint density at radius 3 is 3.00 bits per heavy atom. The molecule has 2 aliphatic heterocycles. The molecule has 0 spiro atoms. The lowest BCUT2D eigenvalue weighted by Gasteiger charge is -2.33. The highest BCUT2D eigenvalue weighted by atomic mass is 16.5. The average molecular weight is 201 g/mol. The molecule has 0 aliphatic carbocycles. The number of nitrogens with zero attached hydrogens (tertiary/aromatic N) is 1. The molecule has 1 amide bonds. The Kier molecular flexibility index (Phi) is 1.86. The second-order valence-electron chi connectivity index (χ2n) is 3.81. The van der Waals surface area contributed by atoms with Gasteiger partial charge in [0.1, 0.15) is 6.61 Å². The van der Waals surface area contributed by atoms with Gasteiger partial charge in [0.15, 0.2) is 0 Å². The minimum absolute atomic E-state index is 0.0574. The van der Waals surface area contributed by atoms with Gasteiger partial charge < -0.3 is 9.64 Å². The van der Waals surface area contributed by atoms with Crippen molar-refractivity contribution < 1.29 is 9.53 Å². The van der Waals surface area contributed by atoms with Gasteiger partial charge in [-0.1, -0.05) is 24.3 Å². The Balaban J connectivity index is 2.06. The first-order chi connectivity index (χ1) is 7.34. The van der Waals surface area contributed by atoms with Gasteiger partial charge in [0.25, 0.3) is 5.91 Å². The van der Waals surface area contributed by atoms with E-state index in [0.29, 0.717) is 13.2 Å². The molecule has 0 aromatic heterocycles. The summed E-state index contributed by atoms with van der Waals surface area (Å²) in [6.45, 7) is 1.43. The molecule has 0 unspecified atom stereocenters. The predicted octanol–water partition coefficient (Wildman–Crippen LogP) is 1.40. The maximum Gasteiger partial charge on any atom is 0.253 e. The molecule has 1 aromatic carbocycles. The third-order valence-electron chi connectivity index (χ3n) is 2.83. The highest BCUT2D eigenvalue weighted by molar-refractivity contribution is 5.82. The summed E-state index contributed by atoms with van der Waals surface area (Å²) in [6.07, 6.45) is 2.04. The molecule has 3 rings (SSSR count). The van der Waals surface area contributed by atoms with Crippen LogP contribution in [0, 0.1) is 0 Å². The van der Waals surface area contributed by atoms with E-state index in [9.17, 15) is 4.79 Å². The van der Waals surface area contributed by atoms with E-state index in [1.165, 1.54) is 11.1 Å². The van der Waals surface area contributed by atoms with E-state index in [1.807, 2.05) is 23.1 Å². The zero-order valence-corrected chi connectivity index (χ0v) is 8.27. The van der Waals surface area contributed by atoms with Crippen molar-refractivity contribution in [3.05, 3.63) is 41.1 Å². The highest BCUT2D eigenvalue weighted by Gasteiger charge is 2.26. The smallest absolute Gasteiger partial charge is 0.253 e. The van der Waals surface area contributed by atoms with Crippen molar-refractivity contribution in [3.8, 4) is 0 Å². The van der Waals surface area contributed by atoms with E-state index in [-0.39, 0.29) is 12.5 Å². The second kappa shape index (κ2) is 3.21. The van der Waals surface area contributed by atoms with Gasteiger partial charge in [0.2, 0.25) is 0 Å². The van der Waals surface area contributed by atoms with Crippen LogP contribution in [0.25, 0.3) is 6.08 Å². The van der Waals surface area contributed by atoms with Gasteiger partial charge in [-0.25, -0.2) is 0 Å². The van der Waals surface area contributed by atoms with Gasteiger partial charge >= 0.3 is 0 Å². The van der Waals surface area contributed by atoms with E-state index in [4.69, 9.17) is 4.74 Å². The number of hydrogen-bond donors (Lipinski definition) is 0. The summed E-state index contributed by atoms with van der Waals surface area (Å²) in [4.78, 5) is 13.4. The van der Waals surface area contributed by atoms with Crippen molar-refractivity contribution in [1.82, 2.24) is 4.90 Å². The maximum absolute atomic E-state index is 11.6. The largest absolute Gasteiger partial charge is 0.365 e. The number of benzene rings is 1. The highest BCUT2D eigenvalue weighted by Crippen LogP contribution is 2.26. The standard InChI is InChI=1S/C12H11NO2/c14-12-8-15-7-11-5-9-3-1-2-4-10(9)6-13(11)12/h1-5H,6-8H2. The number of amides is 1. The minimum atomic E-state index is 0.0574. The van der Waals surface area contributed by atoms with Crippen LogP contribution >= 0.6 is 0 Å². The van der Waals surface area contributed by atoms with E-state index in [0.717, 1.165) is 5.70 Å². The van der Waals surface area contributed by atoms with Crippen LogP contribution in [0.5, 0.6) is 0 Å². The third kappa shape index (κ3) is 1.36. The lowest BCUT2D eigenvalue weighted by molar-refractivity contribution is -0.139. The molecule has 1 saturated heterocycles. The number of fused-ring (bicyclic) bond motifs is 2. The summed E-state index contributed by atoms with van der Waals surface area (Å²) >= 11 is 0. The van der Waals surface area contributed by atoms with Crippen LogP contribution in [0.1, 0.15) is 11.1 Å². The summed E-state index contributed by atoms with van der Waals surface area (Å²) < 4.78 is 5.21. The lowest BCUT2D eigenvalue weighted by atomic mass is 10.0. The maximum atomic E-state index is 11.6. The molecule has 2 heterocycles. The molecule has 0 N–H and O–H groups in total. The normalized spacial score (nSPS) is 19.3. The summed E-state index contributed by atoms with van der Waals surface area (Å²) in [5.74, 6) is 0.0574. The number of carbonyl (C=O) groups excluding carboxylic acids is 1. The van der Waals surface area contributed by atoms with E-state index >= 15 is 0 Å². The molecule has 0 bridgehead atoms. The third-order valence-corrected chi connectivity index (χ3v) is 2.83. The molecule has 0 atom stereocenters. The number of carbonyl (C=O) groups is 1. The summed E-state index contributed by atoms with van der Waals surface area (Å²) in [6, 6.07) is 8.14. The van der Waals surface area contributed by atoms with Crippen molar-refractivity contribution in [2.75, 3.05) is 13.2 Å². The Hall–Kier alpha value is -1.61.